The predicted octanol–water partition coefficient (Wildman–Crippen LogP) is 4.48. The number of imidazole rings is 1. The monoisotopic (exact) mass is 410 g/mol. The van der Waals surface area contributed by atoms with Crippen LogP contribution in [-0.4, -0.2) is 29.9 Å². The maximum Gasteiger partial charge on any atom is 0.435 e. The zero-order chi connectivity index (χ0) is 20.7. The first-order valence-electron chi connectivity index (χ1n) is 9.53. The number of fused-ring (bicyclic) bond motifs is 1. The molecule has 0 spiro atoms. The summed E-state index contributed by atoms with van der Waals surface area (Å²) >= 11 is 0. The summed E-state index contributed by atoms with van der Waals surface area (Å²) in [5, 5.41) is 8.85. The van der Waals surface area contributed by atoms with Gasteiger partial charge in [-0.3, -0.25) is 10.1 Å². The highest BCUT2D eigenvalue weighted by molar-refractivity contribution is 5.67. The van der Waals surface area contributed by atoms with E-state index in [2.05, 4.69) is 44.5 Å². The highest BCUT2D eigenvalue weighted by Crippen LogP contribution is 2.36. The van der Waals surface area contributed by atoms with E-state index in [9.17, 15) is 13.2 Å². The quantitative estimate of drug-likeness (QED) is 0.539. The molecule has 4 aromatic rings. The normalized spacial score (nSPS) is 16.0. The second kappa shape index (κ2) is 7.08. The van der Waals surface area contributed by atoms with E-state index < -0.39 is 11.9 Å². The lowest BCUT2D eigenvalue weighted by Crippen LogP contribution is -2.07. The Bertz CT molecular complexity index is 1190. The Hall–Kier alpha value is -3.49. The standard InChI is InChI=1S/C21H17F3N6/c22-21(23,24)20-19(27-29-28-20)14-7-8-25-17(9-14)18-11-30(12-26-18)10-15-6-5-13-3-1-2-4-16(13)15/h1-4,7-9,11-12,15H,5-6,10H2,(H,27,28,29)/t15-/m1/s1. The zero-order valence-electron chi connectivity index (χ0n) is 15.8. The fourth-order valence-electron chi connectivity index (χ4n) is 4.03. The van der Waals surface area contributed by atoms with Crippen LogP contribution in [0.5, 0.6) is 0 Å². The van der Waals surface area contributed by atoms with Crippen molar-refractivity contribution in [2.75, 3.05) is 0 Å². The van der Waals surface area contributed by atoms with Gasteiger partial charge in [0.25, 0.3) is 0 Å². The van der Waals surface area contributed by atoms with Crippen molar-refractivity contribution in [1.82, 2.24) is 29.9 Å². The molecular formula is C21H17F3N6. The summed E-state index contributed by atoms with van der Waals surface area (Å²) in [6.07, 6.45) is 2.66. The number of aromatic nitrogens is 6. The second-order valence-corrected chi connectivity index (χ2v) is 7.35. The largest absolute Gasteiger partial charge is 0.435 e. The molecule has 0 amide bonds. The number of nitrogens with one attached hydrogen (secondary N) is 1. The molecular weight excluding hydrogens is 393 g/mol. The Morgan fingerprint density at radius 1 is 1.10 bits per heavy atom. The van der Waals surface area contributed by atoms with E-state index in [4.69, 9.17) is 0 Å². The molecule has 1 aliphatic carbocycles. The molecule has 0 saturated heterocycles. The van der Waals surface area contributed by atoms with Crippen LogP contribution in [0.3, 0.4) is 0 Å². The molecule has 1 atom stereocenters. The second-order valence-electron chi connectivity index (χ2n) is 7.35. The molecule has 0 radical (unpaired) electrons. The molecule has 1 N–H and O–H groups in total. The number of benzene rings is 1. The Morgan fingerprint density at radius 3 is 2.83 bits per heavy atom. The van der Waals surface area contributed by atoms with Gasteiger partial charge in [-0.25, -0.2) is 4.98 Å². The number of nitrogens with zero attached hydrogens (tertiary/aromatic N) is 5. The van der Waals surface area contributed by atoms with Gasteiger partial charge in [0.2, 0.25) is 0 Å². The maximum absolute atomic E-state index is 13.2. The first kappa shape index (κ1) is 18.5. The van der Waals surface area contributed by atoms with Crippen molar-refractivity contribution >= 4 is 0 Å². The molecule has 6 nitrogen and oxygen atoms in total. The van der Waals surface area contributed by atoms with Crippen LogP contribution in [0.2, 0.25) is 0 Å². The SMILES string of the molecule is FC(F)(F)c1[nH]nnc1-c1ccnc(-c2cn(C[C@H]3CCc4ccccc43)cn2)c1. The molecule has 0 aliphatic heterocycles. The molecule has 0 bridgehead atoms. The summed E-state index contributed by atoms with van der Waals surface area (Å²) in [6.45, 7) is 0.797. The first-order chi connectivity index (χ1) is 14.5. The number of H-pyrrole nitrogens is 1. The van der Waals surface area contributed by atoms with E-state index in [0.29, 0.717) is 17.3 Å². The number of hydrogen-bond donors (Lipinski definition) is 1. The predicted molar refractivity (Wildman–Crippen MR) is 103 cm³/mol. The topological polar surface area (TPSA) is 72.3 Å². The van der Waals surface area contributed by atoms with Crippen molar-refractivity contribution in [3.05, 3.63) is 71.9 Å². The number of hydrogen-bond acceptors (Lipinski definition) is 4. The number of aromatic amines is 1. The Kier molecular flexibility index (Phi) is 4.38. The van der Waals surface area contributed by atoms with Crippen LogP contribution in [0.15, 0.2) is 55.1 Å². The van der Waals surface area contributed by atoms with Gasteiger partial charge < -0.3 is 4.57 Å². The molecule has 0 unspecified atom stereocenters. The average molecular weight is 410 g/mol. The molecule has 0 saturated carbocycles. The highest BCUT2D eigenvalue weighted by atomic mass is 19.4. The third kappa shape index (κ3) is 3.36. The van der Waals surface area contributed by atoms with Crippen molar-refractivity contribution < 1.29 is 13.2 Å². The Labute approximate surface area is 169 Å². The van der Waals surface area contributed by atoms with Crippen molar-refractivity contribution in [2.45, 2.75) is 31.5 Å². The number of pyridine rings is 1. The third-order valence-electron chi connectivity index (χ3n) is 5.45. The molecule has 3 aromatic heterocycles. The lowest BCUT2D eigenvalue weighted by atomic mass is 10.0. The van der Waals surface area contributed by atoms with Gasteiger partial charge >= 0.3 is 6.18 Å². The lowest BCUT2D eigenvalue weighted by molar-refractivity contribution is -0.140. The number of alkyl halides is 3. The molecule has 3 heterocycles. The van der Waals surface area contributed by atoms with E-state index in [1.54, 1.807) is 12.4 Å². The molecule has 5 rings (SSSR count). The van der Waals surface area contributed by atoms with E-state index in [-0.39, 0.29) is 11.3 Å². The summed E-state index contributed by atoms with van der Waals surface area (Å²) in [6, 6.07) is 11.5. The van der Waals surface area contributed by atoms with Crippen LogP contribution in [0.4, 0.5) is 13.2 Å². The van der Waals surface area contributed by atoms with Gasteiger partial charge in [0.05, 0.1) is 12.0 Å². The van der Waals surface area contributed by atoms with Gasteiger partial charge in [0, 0.05) is 30.4 Å². The fourth-order valence-corrected chi connectivity index (χ4v) is 4.03. The fraction of sp³-hybridized carbons (Fsp3) is 0.238. The zero-order valence-corrected chi connectivity index (χ0v) is 15.8. The van der Waals surface area contributed by atoms with Gasteiger partial charge in [-0.05, 0) is 36.1 Å². The Morgan fingerprint density at radius 2 is 1.97 bits per heavy atom. The van der Waals surface area contributed by atoms with E-state index >= 15 is 0 Å². The van der Waals surface area contributed by atoms with Crippen molar-refractivity contribution in [3.8, 4) is 22.6 Å². The van der Waals surface area contributed by atoms with Gasteiger partial charge in [-0.15, -0.1) is 5.10 Å². The van der Waals surface area contributed by atoms with Gasteiger partial charge in [0.15, 0.2) is 5.69 Å². The summed E-state index contributed by atoms with van der Waals surface area (Å²) in [5.74, 6) is 0.423. The smallest absolute Gasteiger partial charge is 0.336 e. The first-order valence-corrected chi connectivity index (χ1v) is 9.53. The van der Waals surface area contributed by atoms with Crippen LogP contribution in [-0.2, 0) is 19.1 Å². The molecule has 9 heteroatoms. The number of aryl methyl sites for hydroxylation is 1. The summed E-state index contributed by atoms with van der Waals surface area (Å²) in [4.78, 5) is 8.69. The van der Waals surface area contributed by atoms with Crippen molar-refractivity contribution in [3.63, 3.8) is 0 Å². The van der Waals surface area contributed by atoms with Crippen LogP contribution in [0.1, 0.15) is 29.2 Å². The molecule has 152 valence electrons. The van der Waals surface area contributed by atoms with E-state index in [1.165, 1.54) is 23.4 Å². The Balaban J connectivity index is 1.40. The minimum Gasteiger partial charge on any atom is -0.336 e. The van der Waals surface area contributed by atoms with Crippen LogP contribution in [0.25, 0.3) is 22.6 Å². The minimum atomic E-state index is -4.57. The number of rotatable bonds is 4. The van der Waals surface area contributed by atoms with Crippen molar-refractivity contribution in [2.24, 2.45) is 0 Å². The highest BCUT2D eigenvalue weighted by Gasteiger charge is 2.37. The summed E-state index contributed by atoms with van der Waals surface area (Å²) in [7, 11) is 0. The molecule has 1 aliphatic rings. The van der Waals surface area contributed by atoms with E-state index in [1.807, 2.05) is 15.9 Å². The van der Waals surface area contributed by atoms with Crippen LogP contribution >= 0.6 is 0 Å². The van der Waals surface area contributed by atoms with Crippen LogP contribution in [0, 0.1) is 0 Å². The van der Waals surface area contributed by atoms with Crippen molar-refractivity contribution in [1.29, 1.82) is 0 Å². The molecule has 0 fully saturated rings. The van der Waals surface area contributed by atoms with E-state index in [0.717, 1.165) is 19.4 Å². The van der Waals surface area contributed by atoms with Crippen LogP contribution < -0.4 is 0 Å². The van der Waals surface area contributed by atoms with Gasteiger partial charge in [-0.1, -0.05) is 29.5 Å². The number of halogens is 3. The summed E-state index contributed by atoms with van der Waals surface area (Å²) in [5.41, 5.74) is 2.89. The third-order valence-corrected chi connectivity index (χ3v) is 5.45. The molecule has 1 aromatic carbocycles. The summed E-state index contributed by atoms with van der Waals surface area (Å²) < 4.78 is 41.5. The maximum atomic E-state index is 13.2. The molecule has 30 heavy (non-hydrogen) atoms. The minimum absolute atomic E-state index is 0.256. The van der Waals surface area contributed by atoms with Gasteiger partial charge in [0.1, 0.15) is 11.4 Å². The van der Waals surface area contributed by atoms with Gasteiger partial charge in [-0.2, -0.15) is 13.2 Å². The lowest BCUT2D eigenvalue weighted by Gasteiger charge is -2.11. The average Bonchev–Trinajstić information content (AvgIpc) is 3.48.